The fourth-order valence-corrected chi connectivity index (χ4v) is 3.08. The highest BCUT2D eigenvalue weighted by Crippen LogP contribution is 2.26. The van der Waals surface area contributed by atoms with Gasteiger partial charge in [0.25, 0.3) is 11.8 Å². The van der Waals surface area contributed by atoms with Crippen LogP contribution in [0.2, 0.25) is 0 Å². The average Bonchev–Trinajstić information content (AvgIpc) is 3.39. The lowest BCUT2D eigenvalue weighted by Crippen LogP contribution is -2.39. The van der Waals surface area contributed by atoms with Gasteiger partial charge in [0, 0.05) is 19.0 Å². The summed E-state index contributed by atoms with van der Waals surface area (Å²) in [6, 6.07) is 12.9. The summed E-state index contributed by atoms with van der Waals surface area (Å²) < 4.78 is 16.1. The first-order valence-corrected chi connectivity index (χ1v) is 8.63. The average molecular weight is 353 g/mol. The molecule has 0 bridgehead atoms. The minimum Gasteiger partial charge on any atom is -0.484 e. The Balaban J connectivity index is 1.38. The number of likely N-dealkylation sites (tertiary alicyclic amines) is 1. The van der Waals surface area contributed by atoms with E-state index in [-0.39, 0.29) is 18.4 Å². The Kier molecular flexibility index (Phi) is 4.68. The number of hydrogen-bond donors (Lipinski definition) is 0. The number of ether oxygens (including phenoxy) is 1. The highest BCUT2D eigenvalue weighted by molar-refractivity contribution is 5.91. The molecule has 26 heavy (non-hydrogen) atoms. The third-order valence-corrected chi connectivity index (χ3v) is 4.40. The molecular formula is C19H19N3O4. The van der Waals surface area contributed by atoms with E-state index in [4.69, 9.17) is 13.7 Å². The third-order valence-electron chi connectivity index (χ3n) is 4.40. The molecule has 3 heterocycles. The summed E-state index contributed by atoms with van der Waals surface area (Å²) in [4.78, 5) is 18.7. The molecule has 2 aromatic heterocycles. The molecule has 1 unspecified atom stereocenters. The van der Waals surface area contributed by atoms with Crippen LogP contribution in [0.1, 0.15) is 41.0 Å². The number of para-hydroxylation sites is 1. The molecule has 3 aromatic rings. The van der Waals surface area contributed by atoms with Gasteiger partial charge in [-0.3, -0.25) is 4.79 Å². The van der Waals surface area contributed by atoms with Crippen molar-refractivity contribution in [2.24, 2.45) is 0 Å². The Morgan fingerprint density at radius 2 is 2.12 bits per heavy atom. The Labute approximate surface area is 150 Å². The standard InChI is InChI=1S/C19H19N3O4/c23-19(16-9-5-11-24-16)22-10-4-6-14(12-22)18-20-17(26-21-18)13-25-15-7-2-1-3-8-15/h1-3,5,7-9,11,14H,4,6,10,12-13H2. The first kappa shape index (κ1) is 16.4. The summed E-state index contributed by atoms with van der Waals surface area (Å²) in [5, 5.41) is 4.08. The van der Waals surface area contributed by atoms with Crippen molar-refractivity contribution in [3.63, 3.8) is 0 Å². The molecule has 0 spiro atoms. The van der Waals surface area contributed by atoms with Gasteiger partial charge in [-0.15, -0.1) is 0 Å². The van der Waals surface area contributed by atoms with E-state index in [1.54, 1.807) is 17.0 Å². The molecule has 1 aliphatic rings. The number of piperidine rings is 1. The summed E-state index contributed by atoms with van der Waals surface area (Å²) in [6.07, 6.45) is 3.31. The number of nitrogens with zero attached hydrogens (tertiary/aromatic N) is 3. The second kappa shape index (κ2) is 7.43. The van der Waals surface area contributed by atoms with Gasteiger partial charge in [-0.2, -0.15) is 4.98 Å². The van der Waals surface area contributed by atoms with Crippen molar-refractivity contribution < 1.29 is 18.5 Å². The molecule has 1 aliphatic heterocycles. The molecule has 4 rings (SSSR count). The van der Waals surface area contributed by atoms with Gasteiger partial charge < -0.3 is 18.6 Å². The zero-order chi connectivity index (χ0) is 17.8. The molecule has 1 saturated heterocycles. The summed E-state index contributed by atoms with van der Waals surface area (Å²) in [5.74, 6) is 2.11. The second-order valence-corrected chi connectivity index (χ2v) is 6.22. The van der Waals surface area contributed by atoms with Crippen LogP contribution in [0.3, 0.4) is 0 Å². The molecule has 0 N–H and O–H groups in total. The van der Waals surface area contributed by atoms with Gasteiger partial charge in [-0.1, -0.05) is 23.4 Å². The number of hydrogen-bond acceptors (Lipinski definition) is 6. The maximum atomic E-state index is 12.5. The smallest absolute Gasteiger partial charge is 0.289 e. The minimum absolute atomic E-state index is 0.0527. The third kappa shape index (κ3) is 3.61. The number of carbonyl (C=O) groups is 1. The molecule has 1 atom stereocenters. The lowest BCUT2D eigenvalue weighted by atomic mass is 9.97. The van der Waals surface area contributed by atoms with E-state index in [0.717, 1.165) is 18.6 Å². The number of aromatic nitrogens is 2. The normalized spacial score (nSPS) is 17.2. The van der Waals surface area contributed by atoms with Gasteiger partial charge in [0.2, 0.25) is 0 Å². The van der Waals surface area contributed by atoms with Crippen LogP contribution >= 0.6 is 0 Å². The molecule has 0 aliphatic carbocycles. The molecule has 1 aromatic carbocycles. The van der Waals surface area contributed by atoms with Gasteiger partial charge in [-0.05, 0) is 37.1 Å². The van der Waals surface area contributed by atoms with Crippen LogP contribution in [-0.2, 0) is 6.61 Å². The van der Waals surface area contributed by atoms with E-state index in [2.05, 4.69) is 10.1 Å². The topological polar surface area (TPSA) is 81.6 Å². The van der Waals surface area contributed by atoms with Crippen LogP contribution in [-0.4, -0.2) is 34.0 Å². The van der Waals surface area contributed by atoms with Gasteiger partial charge in [0.1, 0.15) is 5.75 Å². The van der Waals surface area contributed by atoms with Crippen LogP contribution in [0.25, 0.3) is 0 Å². The summed E-state index contributed by atoms with van der Waals surface area (Å²) in [6.45, 7) is 1.48. The predicted molar refractivity (Wildman–Crippen MR) is 91.7 cm³/mol. The Hall–Kier alpha value is -3.09. The molecule has 1 amide bonds. The summed E-state index contributed by atoms with van der Waals surface area (Å²) in [7, 11) is 0. The van der Waals surface area contributed by atoms with E-state index in [0.29, 0.717) is 30.6 Å². The van der Waals surface area contributed by atoms with Gasteiger partial charge in [-0.25, -0.2) is 0 Å². The van der Waals surface area contributed by atoms with Crippen molar-refractivity contribution in [2.45, 2.75) is 25.4 Å². The van der Waals surface area contributed by atoms with Crippen LogP contribution in [0, 0.1) is 0 Å². The Bertz CT molecular complexity index is 845. The van der Waals surface area contributed by atoms with Crippen LogP contribution in [0.4, 0.5) is 0 Å². The number of furan rings is 1. The number of benzene rings is 1. The largest absolute Gasteiger partial charge is 0.484 e. The molecule has 134 valence electrons. The highest BCUT2D eigenvalue weighted by Gasteiger charge is 2.29. The van der Waals surface area contributed by atoms with Crippen LogP contribution < -0.4 is 4.74 Å². The predicted octanol–water partition coefficient (Wildman–Crippen LogP) is 3.26. The Morgan fingerprint density at radius 3 is 2.92 bits per heavy atom. The van der Waals surface area contributed by atoms with Gasteiger partial charge in [0.05, 0.1) is 6.26 Å². The monoisotopic (exact) mass is 353 g/mol. The highest BCUT2D eigenvalue weighted by atomic mass is 16.5. The maximum absolute atomic E-state index is 12.5. The quantitative estimate of drug-likeness (QED) is 0.700. The summed E-state index contributed by atoms with van der Waals surface area (Å²) in [5.41, 5.74) is 0. The lowest BCUT2D eigenvalue weighted by molar-refractivity contribution is 0.0671. The number of amides is 1. The van der Waals surface area contributed by atoms with E-state index >= 15 is 0 Å². The van der Waals surface area contributed by atoms with Crippen molar-refractivity contribution in [2.75, 3.05) is 13.1 Å². The van der Waals surface area contributed by atoms with Gasteiger partial charge in [0.15, 0.2) is 18.2 Å². The summed E-state index contributed by atoms with van der Waals surface area (Å²) >= 11 is 0. The second-order valence-electron chi connectivity index (χ2n) is 6.22. The van der Waals surface area contributed by atoms with Crippen LogP contribution in [0.5, 0.6) is 5.75 Å². The van der Waals surface area contributed by atoms with Crippen molar-refractivity contribution in [1.82, 2.24) is 15.0 Å². The van der Waals surface area contributed by atoms with E-state index in [9.17, 15) is 4.79 Å². The van der Waals surface area contributed by atoms with E-state index < -0.39 is 0 Å². The first-order chi connectivity index (χ1) is 12.8. The van der Waals surface area contributed by atoms with Crippen molar-refractivity contribution >= 4 is 5.91 Å². The molecule has 0 radical (unpaired) electrons. The minimum atomic E-state index is -0.101. The molecule has 7 heteroatoms. The van der Waals surface area contributed by atoms with E-state index in [1.165, 1.54) is 6.26 Å². The maximum Gasteiger partial charge on any atom is 0.289 e. The zero-order valence-electron chi connectivity index (χ0n) is 14.2. The SMILES string of the molecule is O=C(c1ccco1)N1CCCC(c2noc(COc3ccccc3)n2)C1. The van der Waals surface area contributed by atoms with Crippen molar-refractivity contribution in [3.05, 3.63) is 66.2 Å². The fraction of sp³-hybridized carbons (Fsp3) is 0.316. The molecule has 7 nitrogen and oxygen atoms in total. The fourth-order valence-electron chi connectivity index (χ4n) is 3.08. The van der Waals surface area contributed by atoms with Crippen molar-refractivity contribution in [3.8, 4) is 5.75 Å². The number of rotatable bonds is 5. The van der Waals surface area contributed by atoms with Crippen LogP contribution in [0.15, 0.2) is 57.7 Å². The molecule has 0 saturated carbocycles. The van der Waals surface area contributed by atoms with Crippen molar-refractivity contribution in [1.29, 1.82) is 0 Å². The molecule has 1 fully saturated rings. The van der Waals surface area contributed by atoms with Gasteiger partial charge >= 0.3 is 0 Å². The molecular weight excluding hydrogens is 334 g/mol. The first-order valence-electron chi connectivity index (χ1n) is 8.63. The zero-order valence-corrected chi connectivity index (χ0v) is 14.2. The van der Waals surface area contributed by atoms with E-state index in [1.807, 2.05) is 30.3 Å². The Morgan fingerprint density at radius 1 is 1.23 bits per heavy atom. The lowest BCUT2D eigenvalue weighted by Gasteiger charge is -2.30. The number of carbonyl (C=O) groups excluding carboxylic acids is 1.